The highest BCUT2D eigenvalue weighted by atomic mass is 15.2. The minimum absolute atomic E-state index is 0.585. The van der Waals surface area contributed by atoms with Gasteiger partial charge in [0.25, 0.3) is 0 Å². The van der Waals surface area contributed by atoms with Gasteiger partial charge in [-0.15, -0.1) is 0 Å². The molecule has 2 nitrogen and oxygen atoms in total. The molecule has 0 aromatic heterocycles. The molecule has 1 N–H and O–H groups in total. The molecule has 1 saturated heterocycles. The standard InChI is InChI=1S/C18H28N2/c1-15(18(2)10-11-18)19-17-9-6-12-20(14-17)13-16-7-4-3-5-8-16/h3-5,7-8,15,17,19H,6,9-14H2,1-2H3. The van der Waals surface area contributed by atoms with Crippen LogP contribution in [0.2, 0.25) is 0 Å². The molecular weight excluding hydrogens is 244 g/mol. The molecule has 110 valence electrons. The molecule has 1 saturated carbocycles. The summed E-state index contributed by atoms with van der Waals surface area (Å²) in [7, 11) is 0. The van der Waals surface area contributed by atoms with E-state index in [1.54, 1.807) is 0 Å². The van der Waals surface area contributed by atoms with Crippen molar-refractivity contribution in [1.29, 1.82) is 0 Å². The van der Waals surface area contributed by atoms with Crippen molar-refractivity contribution in [2.75, 3.05) is 13.1 Å². The van der Waals surface area contributed by atoms with Gasteiger partial charge in [0.2, 0.25) is 0 Å². The van der Waals surface area contributed by atoms with Crippen LogP contribution >= 0.6 is 0 Å². The quantitative estimate of drug-likeness (QED) is 0.883. The Morgan fingerprint density at radius 3 is 2.75 bits per heavy atom. The number of hydrogen-bond donors (Lipinski definition) is 1. The summed E-state index contributed by atoms with van der Waals surface area (Å²) in [6.07, 6.45) is 5.48. The molecule has 1 aliphatic carbocycles. The van der Waals surface area contributed by atoms with Crippen molar-refractivity contribution in [1.82, 2.24) is 10.2 Å². The molecule has 0 bridgehead atoms. The molecule has 3 rings (SSSR count). The number of likely N-dealkylation sites (tertiary alicyclic amines) is 1. The first-order valence-corrected chi connectivity index (χ1v) is 8.18. The Labute approximate surface area is 123 Å². The van der Waals surface area contributed by atoms with Crippen LogP contribution in [-0.4, -0.2) is 30.1 Å². The lowest BCUT2D eigenvalue weighted by molar-refractivity contribution is 0.168. The third kappa shape index (κ3) is 3.42. The highest BCUT2D eigenvalue weighted by Crippen LogP contribution is 2.48. The highest BCUT2D eigenvalue weighted by Gasteiger charge is 2.43. The maximum Gasteiger partial charge on any atom is 0.0234 e. The third-order valence-electron chi connectivity index (χ3n) is 5.32. The summed E-state index contributed by atoms with van der Waals surface area (Å²) in [4.78, 5) is 2.61. The van der Waals surface area contributed by atoms with Crippen LogP contribution in [0.1, 0.15) is 45.1 Å². The maximum atomic E-state index is 3.90. The van der Waals surface area contributed by atoms with Crippen LogP contribution in [0, 0.1) is 5.41 Å². The largest absolute Gasteiger partial charge is 0.310 e. The summed E-state index contributed by atoms with van der Waals surface area (Å²) in [6, 6.07) is 12.2. The first kappa shape index (κ1) is 14.1. The van der Waals surface area contributed by atoms with Gasteiger partial charge in [-0.25, -0.2) is 0 Å². The number of benzene rings is 1. The zero-order chi connectivity index (χ0) is 14.0. The topological polar surface area (TPSA) is 15.3 Å². The van der Waals surface area contributed by atoms with E-state index in [9.17, 15) is 0 Å². The van der Waals surface area contributed by atoms with Crippen LogP contribution in [0.3, 0.4) is 0 Å². The molecule has 0 amide bonds. The van der Waals surface area contributed by atoms with E-state index in [-0.39, 0.29) is 0 Å². The zero-order valence-electron chi connectivity index (χ0n) is 12.9. The fraction of sp³-hybridized carbons (Fsp3) is 0.667. The van der Waals surface area contributed by atoms with E-state index < -0.39 is 0 Å². The highest BCUT2D eigenvalue weighted by molar-refractivity contribution is 5.14. The lowest BCUT2D eigenvalue weighted by atomic mass is 9.97. The Kier molecular flexibility index (Phi) is 4.13. The van der Waals surface area contributed by atoms with Gasteiger partial charge in [-0.2, -0.15) is 0 Å². The molecule has 1 aromatic rings. The van der Waals surface area contributed by atoms with E-state index in [2.05, 4.69) is 54.4 Å². The van der Waals surface area contributed by atoms with Crippen molar-refractivity contribution < 1.29 is 0 Å². The van der Waals surface area contributed by atoms with Gasteiger partial charge in [0.1, 0.15) is 0 Å². The molecule has 2 heteroatoms. The normalized spacial score (nSPS) is 27.2. The number of nitrogens with one attached hydrogen (secondary N) is 1. The molecule has 0 spiro atoms. The van der Waals surface area contributed by atoms with E-state index in [4.69, 9.17) is 0 Å². The molecule has 0 radical (unpaired) electrons. The molecular formula is C18H28N2. The predicted octanol–water partition coefficient (Wildman–Crippen LogP) is 3.43. The van der Waals surface area contributed by atoms with Gasteiger partial charge >= 0.3 is 0 Å². The number of hydrogen-bond acceptors (Lipinski definition) is 2. The lowest BCUT2D eigenvalue weighted by Crippen LogP contribution is -2.50. The first-order chi connectivity index (χ1) is 9.66. The molecule has 2 unspecified atom stereocenters. The van der Waals surface area contributed by atoms with Gasteiger partial charge in [0.15, 0.2) is 0 Å². The number of nitrogens with zero attached hydrogens (tertiary/aromatic N) is 1. The summed E-state index contributed by atoms with van der Waals surface area (Å²) >= 11 is 0. The Bertz CT molecular complexity index is 424. The monoisotopic (exact) mass is 272 g/mol. The second-order valence-electron chi connectivity index (χ2n) is 7.10. The predicted molar refractivity (Wildman–Crippen MR) is 84.7 cm³/mol. The van der Waals surface area contributed by atoms with Crippen LogP contribution in [0.5, 0.6) is 0 Å². The molecule has 1 aromatic carbocycles. The molecule has 2 atom stereocenters. The zero-order valence-corrected chi connectivity index (χ0v) is 12.9. The second-order valence-corrected chi connectivity index (χ2v) is 7.10. The number of rotatable bonds is 5. The van der Waals surface area contributed by atoms with E-state index in [0.717, 1.165) is 6.54 Å². The van der Waals surface area contributed by atoms with Crippen molar-refractivity contribution >= 4 is 0 Å². The molecule has 1 heterocycles. The molecule has 2 fully saturated rings. The van der Waals surface area contributed by atoms with Crippen LogP contribution in [0.4, 0.5) is 0 Å². The Morgan fingerprint density at radius 1 is 1.30 bits per heavy atom. The molecule has 20 heavy (non-hydrogen) atoms. The minimum atomic E-state index is 0.585. The van der Waals surface area contributed by atoms with Crippen LogP contribution in [-0.2, 0) is 6.54 Å². The molecule has 2 aliphatic rings. The fourth-order valence-electron chi connectivity index (χ4n) is 3.36. The number of piperidine rings is 1. The van der Waals surface area contributed by atoms with Crippen molar-refractivity contribution in [3.63, 3.8) is 0 Å². The Balaban J connectivity index is 1.51. The van der Waals surface area contributed by atoms with Gasteiger partial charge in [0.05, 0.1) is 0 Å². The summed E-state index contributed by atoms with van der Waals surface area (Å²) in [5.74, 6) is 0. The van der Waals surface area contributed by atoms with Crippen molar-refractivity contribution in [2.45, 2.75) is 58.2 Å². The van der Waals surface area contributed by atoms with Crippen molar-refractivity contribution in [2.24, 2.45) is 5.41 Å². The van der Waals surface area contributed by atoms with Gasteiger partial charge < -0.3 is 5.32 Å². The second kappa shape index (κ2) is 5.87. The average molecular weight is 272 g/mol. The van der Waals surface area contributed by atoms with Gasteiger partial charge in [-0.1, -0.05) is 37.3 Å². The maximum absolute atomic E-state index is 3.90. The van der Waals surface area contributed by atoms with E-state index in [1.165, 1.54) is 44.3 Å². The fourth-order valence-corrected chi connectivity index (χ4v) is 3.36. The van der Waals surface area contributed by atoms with Crippen LogP contribution in [0.25, 0.3) is 0 Å². The van der Waals surface area contributed by atoms with Gasteiger partial charge in [0, 0.05) is 25.2 Å². The summed E-state index contributed by atoms with van der Waals surface area (Å²) in [5, 5.41) is 3.90. The van der Waals surface area contributed by atoms with E-state index >= 15 is 0 Å². The summed E-state index contributed by atoms with van der Waals surface area (Å²) in [5.41, 5.74) is 2.03. The lowest BCUT2D eigenvalue weighted by Gasteiger charge is -2.36. The van der Waals surface area contributed by atoms with Crippen molar-refractivity contribution in [3.05, 3.63) is 35.9 Å². The first-order valence-electron chi connectivity index (χ1n) is 8.18. The van der Waals surface area contributed by atoms with E-state index in [1.807, 2.05) is 0 Å². The smallest absolute Gasteiger partial charge is 0.0234 e. The van der Waals surface area contributed by atoms with Gasteiger partial charge in [-0.05, 0) is 50.1 Å². The average Bonchev–Trinajstić information content (AvgIpc) is 3.20. The van der Waals surface area contributed by atoms with Crippen molar-refractivity contribution in [3.8, 4) is 0 Å². The van der Waals surface area contributed by atoms with Crippen LogP contribution in [0.15, 0.2) is 30.3 Å². The van der Waals surface area contributed by atoms with Crippen LogP contribution < -0.4 is 5.32 Å². The Hall–Kier alpha value is -0.860. The van der Waals surface area contributed by atoms with Gasteiger partial charge in [-0.3, -0.25) is 4.90 Å². The Morgan fingerprint density at radius 2 is 2.05 bits per heavy atom. The SMILES string of the molecule is CC(NC1CCCN(Cc2ccccc2)C1)C1(C)CC1. The van der Waals surface area contributed by atoms with E-state index in [0.29, 0.717) is 17.5 Å². The summed E-state index contributed by atoms with van der Waals surface area (Å²) in [6.45, 7) is 8.36. The molecule has 1 aliphatic heterocycles. The third-order valence-corrected chi connectivity index (χ3v) is 5.32. The summed E-state index contributed by atoms with van der Waals surface area (Å²) < 4.78 is 0. The minimum Gasteiger partial charge on any atom is -0.310 e.